The van der Waals surface area contributed by atoms with Gasteiger partial charge in [0.2, 0.25) is 5.91 Å². The second-order valence-corrected chi connectivity index (χ2v) is 5.62. The van der Waals surface area contributed by atoms with Gasteiger partial charge in [-0.05, 0) is 25.0 Å². The van der Waals surface area contributed by atoms with Crippen LogP contribution in [0.5, 0.6) is 0 Å². The van der Waals surface area contributed by atoms with E-state index in [0.29, 0.717) is 30.7 Å². The van der Waals surface area contributed by atoms with Gasteiger partial charge in [-0.15, -0.1) is 0 Å². The molecular formula is C16H22N2O3. The highest BCUT2D eigenvalue weighted by Gasteiger charge is 2.27. The number of furan rings is 1. The third-order valence-electron chi connectivity index (χ3n) is 3.41. The Morgan fingerprint density at radius 3 is 2.81 bits per heavy atom. The molecule has 0 fully saturated rings. The zero-order chi connectivity index (χ0) is 15.5. The molecule has 114 valence electrons. The summed E-state index contributed by atoms with van der Waals surface area (Å²) in [5, 5.41) is 14.0. The van der Waals surface area contributed by atoms with Crippen molar-refractivity contribution in [3.05, 3.63) is 36.1 Å². The molecule has 21 heavy (non-hydrogen) atoms. The third-order valence-corrected chi connectivity index (χ3v) is 3.41. The van der Waals surface area contributed by atoms with Crippen LogP contribution < -0.4 is 11.1 Å². The Labute approximate surface area is 124 Å². The molecule has 0 radical (unpaired) electrons. The van der Waals surface area contributed by atoms with Crippen LogP contribution in [-0.4, -0.2) is 17.6 Å². The fraction of sp³-hybridized carbons (Fsp3) is 0.438. The predicted octanol–water partition coefficient (Wildman–Crippen LogP) is 2.09. The second kappa shape index (κ2) is 6.28. The Hall–Kier alpha value is -1.85. The zero-order valence-electron chi connectivity index (χ0n) is 12.4. The van der Waals surface area contributed by atoms with Crippen molar-refractivity contribution >= 4 is 16.9 Å². The molecule has 0 saturated carbocycles. The van der Waals surface area contributed by atoms with Crippen molar-refractivity contribution in [1.82, 2.24) is 5.32 Å². The van der Waals surface area contributed by atoms with Gasteiger partial charge >= 0.3 is 0 Å². The highest BCUT2D eigenvalue weighted by atomic mass is 16.4. The normalized spacial score (nSPS) is 14.3. The maximum atomic E-state index is 11.4. The van der Waals surface area contributed by atoms with Gasteiger partial charge in [0.1, 0.15) is 5.58 Å². The van der Waals surface area contributed by atoms with E-state index >= 15 is 0 Å². The first-order valence-electron chi connectivity index (χ1n) is 7.18. The van der Waals surface area contributed by atoms with Crippen molar-refractivity contribution in [3.8, 4) is 0 Å². The number of carbonyl (C=O) groups is 1. The van der Waals surface area contributed by atoms with E-state index in [2.05, 4.69) is 5.32 Å². The molecule has 1 unspecified atom stereocenters. The molecule has 5 heteroatoms. The Bertz CT molecular complexity index is 584. The van der Waals surface area contributed by atoms with E-state index in [9.17, 15) is 9.90 Å². The fourth-order valence-corrected chi connectivity index (χ4v) is 2.09. The molecule has 0 aliphatic rings. The van der Waals surface area contributed by atoms with Gasteiger partial charge in [0.25, 0.3) is 0 Å². The van der Waals surface area contributed by atoms with E-state index in [1.54, 1.807) is 6.07 Å². The summed E-state index contributed by atoms with van der Waals surface area (Å²) < 4.78 is 5.59. The number of amides is 1. The number of nitrogens with two attached hydrogens (primary N) is 1. The topological polar surface area (TPSA) is 88.5 Å². The van der Waals surface area contributed by atoms with Crippen LogP contribution in [0.25, 0.3) is 11.0 Å². The standard InChI is InChI=1S/C16H22N2O3/c1-11(2)15(19)18-9-5-8-16(17,20)14-10-12-6-3-4-7-13(12)21-14/h3-4,6-7,10-11,20H,5,8-9,17H2,1-2H3,(H,18,19). The van der Waals surface area contributed by atoms with Crippen LogP contribution in [0.2, 0.25) is 0 Å². The van der Waals surface area contributed by atoms with Crippen molar-refractivity contribution in [2.75, 3.05) is 6.54 Å². The average molecular weight is 290 g/mol. The minimum atomic E-state index is -1.53. The maximum absolute atomic E-state index is 11.4. The van der Waals surface area contributed by atoms with Crippen LogP contribution in [-0.2, 0) is 10.5 Å². The molecule has 1 amide bonds. The van der Waals surface area contributed by atoms with Crippen LogP contribution in [0.4, 0.5) is 0 Å². The molecule has 1 aromatic heterocycles. The summed E-state index contributed by atoms with van der Waals surface area (Å²) in [7, 11) is 0. The molecule has 0 saturated heterocycles. The largest absolute Gasteiger partial charge is 0.457 e. The highest BCUT2D eigenvalue weighted by molar-refractivity contribution is 5.78. The molecule has 2 aromatic rings. The Balaban J connectivity index is 1.93. The smallest absolute Gasteiger partial charge is 0.222 e. The van der Waals surface area contributed by atoms with Gasteiger partial charge in [-0.3, -0.25) is 10.5 Å². The van der Waals surface area contributed by atoms with Crippen LogP contribution >= 0.6 is 0 Å². The number of rotatable bonds is 6. The van der Waals surface area contributed by atoms with Crippen molar-refractivity contribution in [2.24, 2.45) is 11.7 Å². The number of hydrogen-bond donors (Lipinski definition) is 3. The molecule has 1 heterocycles. The van der Waals surface area contributed by atoms with Gasteiger partial charge in [0.15, 0.2) is 11.5 Å². The predicted molar refractivity (Wildman–Crippen MR) is 81.4 cm³/mol. The van der Waals surface area contributed by atoms with E-state index < -0.39 is 5.72 Å². The number of hydrogen-bond acceptors (Lipinski definition) is 4. The molecule has 4 N–H and O–H groups in total. The first kappa shape index (κ1) is 15.5. The van der Waals surface area contributed by atoms with Gasteiger partial charge in [-0.2, -0.15) is 0 Å². The third kappa shape index (κ3) is 3.83. The highest BCUT2D eigenvalue weighted by Crippen LogP contribution is 2.27. The van der Waals surface area contributed by atoms with Gasteiger partial charge < -0.3 is 14.8 Å². The lowest BCUT2D eigenvalue weighted by Crippen LogP contribution is -2.37. The van der Waals surface area contributed by atoms with Crippen molar-refractivity contribution in [1.29, 1.82) is 0 Å². The Kier molecular flexibility index (Phi) is 4.65. The van der Waals surface area contributed by atoms with Crippen LogP contribution in [0.15, 0.2) is 34.7 Å². The molecule has 0 bridgehead atoms. The summed E-state index contributed by atoms with van der Waals surface area (Å²) in [6, 6.07) is 9.26. The van der Waals surface area contributed by atoms with E-state index in [0.717, 1.165) is 5.39 Å². The number of para-hydroxylation sites is 1. The first-order valence-corrected chi connectivity index (χ1v) is 7.18. The Morgan fingerprint density at radius 1 is 1.43 bits per heavy atom. The minimum Gasteiger partial charge on any atom is -0.457 e. The SMILES string of the molecule is CC(C)C(=O)NCCCC(N)(O)c1cc2ccccc2o1. The molecule has 0 aliphatic heterocycles. The lowest BCUT2D eigenvalue weighted by atomic mass is 10.0. The van der Waals surface area contributed by atoms with Gasteiger partial charge in [-0.25, -0.2) is 0 Å². The number of fused-ring (bicyclic) bond motifs is 1. The zero-order valence-corrected chi connectivity index (χ0v) is 12.4. The van der Waals surface area contributed by atoms with Crippen molar-refractivity contribution < 1.29 is 14.3 Å². The summed E-state index contributed by atoms with van der Waals surface area (Å²) in [6.07, 6.45) is 0.883. The average Bonchev–Trinajstić information content (AvgIpc) is 2.88. The van der Waals surface area contributed by atoms with Crippen LogP contribution in [0, 0.1) is 5.92 Å². The van der Waals surface area contributed by atoms with Gasteiger partial charge in [0, 0.05) is 17.8 Å². The summed E-state index contributed by atoms with van der Waals surface area (Å²) in [5.41, 5.74) is 5.10. The molecule has 0 aliphatic carbocycles. The summed E-state index contributed by atoms with van der Waals surface area (Å²) in [6.45, 7) is 4.16. The van der Waals surface area contributed by atoms with Crippen LogP contribution in [0.1, 0.15) is 32.4 Å². The summed E-state index contributed by atoms with van der Waals surface area (Å²) in [4.78, 5) is 11.4. The molecule has 1 atom stereocenters. The fourth-order valence-electron chi connectivity index (χ4n) is 2.09. The summed E-state index contributed by atoms with van der Waals surface area (Å²) in [5.74, 6) is 0.301. The monoisotopic (exact) mass is 290 g/mol. The Morgan fingerprint density at radius 2 is 2.14 bits per heavy atom. The van der Waals surface area contributed by atoms with E-state index in [1.165, 1.54) is 0 Å². The minimum absolute atomic E-state index is 0.000650. The van der Waals surface area contributed by atoms with Gasteiger partial charge in [-0.1, -0.05) is 32.0 Å². The van der Waals surface area contributed by atoms with Crippen LogP contribution in [0.3, 0.4) is 0 Å². The number of aliphatic hydroxyl groups is 1. The number of carbonyl (C=O) groups excluding carboxylic acids is 1. The maximum Gasteiger partial charge on any atom is 0.222 e. The van der Waals surface area contributed by atoms with Crippen molar-refractivity contribution in [2.45, 2.75) is 32.4 Å². The summed E-state index contributed by atoms with van der Waals surface area (Å²) >= 11 is 0. The van der Waals surface area contributed by atoms with Crippen molar-refractivity contribution in [3.63, 3.8) is 0 Å². The molecule has 5 nitrogen and oxygen atoms in total. The first-order chi connectivity index (χ1) is 9.90. The lowest BCUT2D eigenvalue weighted by Gasteiger charge is -2.20. The number of benzene rings is 1. The van der Waals surface area contributed by atoms with Gasteiger partial charge in [0.05, 0.1) is 0 Å². The molecule has 1 aromatic carbocycles. The lowest BCUT2D eigenvalue weighted by molar-refractivity contribution is -0.124. The quantitative estimate of drug-likeness (QED) is 0.561. The molecule has 0 spiro atoms. The number of nitrogens with one attached hydrogen (secondary N) is 1. The molecular weight excluding hydrogens is 268 g/mol. The molecule has 2 rings (SSSR count). The van der Waals surface area contributed by atoms with E-state index in [4.69, 9.17) is 10.2 Å². The van der Waals surface area contributed by atoms with E-state index in [-0.39, 0.29) is 11.8 Å². The van der Waals surface area contributed by atoms with E-state index in [1.807, 2.05) is 38.1 Å². The second-order valence-electron chi connectivity index (χ2n) is 5.62.